The topological polar surface area (TPSA) is 116 Å². The summed E-state index contributed by atoms with van der Waals surface area (Å²) in [5, 5.41) is 7.08. The van der Waals surface area contributed by atoms with Crippen LogP contribution in [0.3, 0.4) is 0 Å². The van der Waals surface area contributed by atoms with Gasteiger partial charge in [0.1, 0.15) is 21.2 Å². The van der Waals surface area contributed by atoms with Gasteiger partial charge in [-0.1, -0.05) is 11.6 Å². The molecule has 0 aromatic carbocycles. The second kappa shape index (κ2) is 8.28. The summed E-state index contributed by atoms with van der Waals surface area (Å²) in [7, 11) is 0. The highest BCUT2D eigenvalue weighted by Gasteiger charge is 2.35. The van der Waals surface area contributed by atoms with Crippen LogP contribution in [0.1, 0.15) is 21.8 Å². The maximum absolute atomic E-state index is 13.4. The zero-order valence-corrected chi connectivity index (χ0v) is 17.5. The van der Waals surface area contributed by atoms with E-state index >= 15 is 0 Å². The third-order valence-corrected chi connectivity index (χ3v) is 5.69. The second-order valence-electron chi connectivity index (χ2n) is 6.60. The number of nitrogens with one attached hydrogen (secondary N) is 1. The summed E-state index contributed by atoms with van der Waals surface area (Å²) in [6.45, 7) is 0.189. The number of pyridine rings is 1. The van der Waals surface area contributed by atoms with Gasteiger partial charge >= 0.3 is 6.18 Å². The minimum atomic E-state index is -4.74. The minimum Gasteiger partial charge on any atom is -0.464 e. The number of thiophene rings is 1. The molecule has 0 aliphatic rings. The maximum atomic E-state index is 13.4. The Morgan fingerprint density at radius 2 is 2.12 bits per heavy atom. The molecular weight excluding hydrogens is 471 g/mol. The molecule has 4 aromatic rings. The van der Waals surface area contributed by atoms with Gasteiger partial charge in [0.15, 0.2) is 0 Å². The van der Waals surface area contributed by atoms with Gasteiger partial charge in [-0.05, 0) is 18.2 Å². The Hall–Kier alpha value is -3.38. The van der Waals surface area contributed by atoms with Crippen molar-refractivity contribution in [2.45, 2.75) is 19.1 Å². The van der Waals surface area contributed by atoms with Gasteiger partial charge in [-0.3, -0.25) is 14.3 Å². The Labute approximate surface area is 186 Å². The third-order valence-electron chi connectivity index (χ3n) is 4.40. The Kier molecular flexibility index (Phi) is 5.65. The lowest BCUT2D eigenvalue weighted by molar-refractivity contribution is -0.140. The number of nitrogens with two attached hydrogens (primary N) is 1. The van der Waals surface area contributed by atoms with Crippen molar-refractivity contribution in [2.75, 3.05) is 5.32 Å². The highest BCUT2D eigenvalue weighted by atomic mass is 35.5. The predicted octanol–water partition coefficient (Wildman–Crippen LogP) is 4.55. The van der Waals surface area contributed by atoms with E-state index in [9.17, 15) is 22.8 Å². The van der Waals surface area contributed by atoms with Crippen molar-refractivity contribution in [3.63, 3.8) is 0 Å². The van der Waals surface area contributed by atoms with Crippen LogP contribution < -0.4 is 11.1 Å². The summed E-state index contributed by atoms with van der Waals surface area (Å²) in [5.74, 6) is -1.32. The number of primary amides is 1. The number of aryl methyl sites for hydroxylation is 1. The number of fused-ring (bicyclic) bond motifs is 1. The smallest absolute Gasteiger partial charge is 0.433 e. The highest BCUT2D eigenvalue weighted by molar-refractivity contribution is 7.21. The average Bonchev–Trinajstić information content (AvgIpc) is 3.45. The van der Waals surface area contributed by atoms with Gasteiger partial charge in [-0.15, -0.1) is 11.3 Å². The van der Waals surface area contributed by atoms with Crippen molar-refractivity contribution < 1.29 is 27.2 Å². The van der Waals surface area contributed by atoms with E-state index in [2.05, 4.69) is 15.4 Å². The van der Waals surface area contributed by atoms with Crippen LogP contribution >= 0.6 is 22.9 Å². The van der Waals surface area contributed by atoms with Gasteiger partial charge in [0, 0.05) is 30.1 Å². The summed E-state index contributed by atoms with van der Waals surface area (Å²) < 4.78 is 47.0. The molecule has 0 atom stereocenters. The molecule has 0 aliphatic carbocycles. The van der Waals surface area contributed by atoms with Crippen LogP contribution in [0, 0.1) is 0 Å². The number of anilines is 1. The molecule has 0 saturated heterocycles. The number of carbonyl (C=O) groups is 2. The number of halogens is 4. The lowest BCUT2D eigenvalue weighted by Gasteiger charge is -2.11. The standard InChI is InChI=1S/C19H13ClF3N5O3S/c20-9-7-25-28(8-9)4-3-13(29)27-15-14-10(11-2-1-5-31-11)6-12(19(21,22)23)26-18(14)32-16(15)17(24)30/h1-2,5-8H,3-4H2,(H2,24,30)(H,27,29). The van der Waals surface area contributed by atoms with Gasteiger partial charge in [0.2, 0.25) is 5.91 Å². The van der Waals surface area contributed by atoms with E-state index in [0.717, 1.165) is 6.07 Å². The number of amides is 2. The van der Waals surface area contributed by atoms with E-state index < -0.39 is 23.7 Å². The first kappa shape index (κ1) is 21.8. The first-order chi connectivity index (χ1) is 15.1. The average molecular weight is 484 g/mol. The monoisotopic (exact) mass is 483 g/mol. The van der Waals surface area contributed by atoms with Gasteiger partial charge in [-0.25, -0.2) is 4.98 Å². The fourth-order valence-corrected chi connectivity index (χ4v) is 4.20. The van der Waals surface area contributed by atoms with Crippen LogP contribution in [0.5, 0.6) is 0 Å². The molecule has 32 heavy (non-hydrogen) atoms. The van der Waals surface area contributed by atoms with Crippen molar-refractivity contribution in [3.05, 3.63) is 52.4 Å². The zero-order chi connectivity index (χ0) is 23.0. The lowest BCUT2D eigenvalue weighted by atomic mass is 10.1. The van der Waals surface area contributed by atoms with Crippen molar-refractivity contribution >= 4 is 50.7 Å². The molecule has 0 saturated carbocycles. The highest BCUT2D eigenvalue weighted by Crippen LogP contribution is 2.43. The Morgan fingerprint density at radius 3 is 2.72 bits per heavy atom. The number of furan rings is 1. The molecule has 3 N–H and O–H groups in total. The molecule has 13 heteroatoms. The summed E-state index contributed by atoms with van der Waals surface area (Å²) in [6, 6.07) is 3.77. The van der Waals surface area contributed by atoms with E-state index in [1.54, 1.807) is 0 Å². The van der Waals surface area contributed by atoms with E-state index in [1.165, 1.54) is 35.5 Å². The quantitative estimate of drug-likeness (QED) is 0.417. The van der Waals surface area contributed by atoms with Crippen LogP contribution in [0.15, 0.2) is 41.3 Å². The molecule has 8 nitrogen and oxygen atoms in total. The van der Waals surface area contributed by atoms with Crippen LogP contribution in [0.2, 0.25) is 5.02 Å². The molecule has 166 valence electrons. The molecule has 0 fully saturated rings. The maximum Gasteiger partial charge on any atom is 0.433 e. The van der Waals surface area contributed by atoms with Crippen molar-refractivity contribution in [1.29, 1.82) is 0 Å². The van der Waals surface area contributed by atoms with Gasteiger partial charge in [-0.2, -0.15) is 18.3 Å². The molecule has 4 rings (SSSR count). The number of hydrogen-bond acceptors (Lipinski definition) is 6. The molecule has 0 bridgehead atoms. The molecule has 0 aliphatic heterocycles. The number of rotatable bonds is 6. The second-order valence-corrected chi connectivity index (χ2v) is 8.04. The Bertz CT molecular complexity index is 1310. The zero-order valence-electron chi connectivity index (χ0n) is 15.9. The van der Waals surface area contributed by atoms with E-state index in [1.807, 2.05) is 0 Å². The third kappa shape index (κ3) is 4.32. The molecule has 2 amide bonds. The van der Waals surface area contributed by atoms with Crippen molar-refractivity contribution in [2.24, 2.45) is 5.73 Å². The normalized spacial score (nSPS) is 11.8. The SMILES string of the molecule is NC(=O)c1sc2nc(C(F)(F)F)cc(-c3ccco3)c2c1NC(=O)CCn1cc(Cl)cn1. The molecule has 4 aromatic heterocycles. The van der Waals surface area contributed by atoms with Crippen LogP contribution in [-0.2, 0) is 17.5 Å². The fraction of sp³-hybridized carbons (Fsp3) is 0.158. The van der Waals surface area contributed by atoms with Crippen LogP contribution in [0.4, 0.5) is 18.9 Å². The Balaban J connectivity index is 1.79. The number of hydrogen-bond donors (Lipinski definition) is 2. The van der Waals surface area contributed by atoms with Gasteiger partial charge in [0.25, 0.3) is 5.91 Å². The Morgan fingerprint density at radius 1 is 1.34 bits per heavy atom. The van der Waals surface area contributed by atoms with E-state index in [0.29, 0.717) is 16.4 Å². The van der Waals surface area contributed by atoms with E-state index in [-0.39, 0.29) is 45.1 Å². The molecular formula is C19H13ClF3N5O3S. The number of nitrogens with zero attached hydrogens (tertiary/aromatic N) is 3. The van der Waals surface area contributed by atoms with Gasteiger partial charge in [0.05, 0.1) is 23.2 Å². The number of aromatic nitrogens is 3. The molecule has 0 spiro atoms. The lowest BCUT2D eigenvalue weighted by Crippen LogP contribution is -2.18. The fourth-order valence-electron chi connectivity index (χ4n) is 3.04. The summed E-state index contributed by atoms with van der Waals surface area (Å²) in [6.07, 6.45) is -0.542. The summed E-state index contributed by atoms with van der Waals surface area (Å²) in [5.41, 5.74) is 4.27. The largest absolute Gasteiger partial charge is 0.464 e. The number of carbonyl (C=O) groups excluding carboxylic acids is 2. The first-order valence-electron chi connectivity index (χ1n) is 8.99. The molecule has 0 radical (unpaired) electrons. The first-order valence-corrected chi connectivity index (χ1v) is 10.2. The molecule has 0 unspecified atom stereocenters. The summed E-state index contributed by atoms with van der Waals surface area (Å²) in [4.78, 5) is 28.0. The van der Waals surface area contributed by atoms with E-state index in [4.69, 9.17) is 21.8 Å². The summed E-state index contributed by atoms with van der Waals surface area (Å²) >= 11 is 6.45. The minimum absolute atomic E-state index is 0.0187. The van der Waals surface area contributed by atoms with Crippen molar-refractivity contribution in [1.82, 2.24) is 14.8 Å². The van der Waals surface area contributed by atoms with Crippen LogP contribution in [-0.4, -0.2) is 26.6 Å². The van der Waals surface area contributed by atoms with Crippen LogP contribution in [0.25, 0.3) is 21.5 Å². The molecule has 4 heterocycles. The number of alkyl halides is 3. The predicted molar refractivity (Wildman–Crippen MR) is 111 cm³/mol. The van der Waals surface area contributed by atoms with Crippen molar-refractivity contribution in [3.8, 4) is 11.3 Å². The van der Waals surface area contributed by atoms with Gasteiger partial charge < -0.3 is 15.5 Å².